The molecule has 1 fully saturated rings. The van der Waals surface area contributed by atoms with Crippen LogP contribution < -0.4 is 4.74 Å². The number of aliphatic hydroxyl groups is 3. The largest absolute Gasteiger partial charge is 0.468 e. The van der Waals surface area contributed by atoms with E-state index in [0.29, 0.717) is 5.88 Å². The van der Waals surface area contributed by atoms with Crippen LogP contribution >= 0.6 is 0 Å². The van der Waals surface area contributed by atoms with Crippen molar-refractivity contribution in [2.24, 2.45) is 0 Å². The van der Waals surface area contributed by atoms with Gasteiger partial charge in [-0.15, -0.1) is 0 Å². The predicted octanol–water partition coefficient (Wildman–Crippen LogP) is -1.10. The van der Waals surface area contributed by atoms with E-state index in [1.165, 1.54) is 0 Å². The van der Waals surface area contributed by atoms with E-state index in [4.69, 9.17) is 14.6 Å². The molecule has 0 saturated carbocycles. The van der Waals surface area contributed by atoms with Crippen LogP contribution in [0, 0.1) is 0 Å². The number of pyridine rings is 1. The van der Waals surface area contributed by atoms with Gasteiger partial charge >= 0.3 is 0 Å². The molecule has 0 aliphatic carbocycles. The Balaban J connectivity index is 2.08. The first kappa shape index (κ1) is 11.3. The van der Waals surface area contributed by atoms with Crippen molar-refractivity contribution >= 4 is 0 Å². The fourth-order valence-corrected chi connectivity index (χ4v) is 1.57. The van der Waals surface area contributed by atoms with E-state index in [0.717, 1.165) is 0 Å². The highest BCUT2D eigenvalue weighted by Gasteiger charge is 2.44. The van der Waals surface area contributed by atoms with Crippen molar-refractivity contribution < 1.29 is 24.8 Å². The molecule has 2 heterocycles. The third kappa shape index (κ3) is 2.14. The minimum atomic E-state index is -1.34. The lowest BCUT2D eigenvalue weighted by atomic mass is 10.1. The molecule has 1 saturated heterocycles. The average Bonchev–Trinajstić information content (AvgIpc) is 2.58. The van der Waals surface area contributed by atoms with Gasteiger partial charge in [-0.05, 0) is 6.07 Å². The topological polar surface area (TPSA) is 92.0 Å². The minimum Gasteiger partial charge on any atom is -0.468 e. The van der Waals surface area contributed by atoms with Gasteiger partial charge in [0.15, 0.2) is 12.4 Å². The molecule has 3 N–H and O–H groups in total. The van der Waals surface area contributed by atoms with Crippen molar-refractivity contribution in [1.29, 1.82) is 0 Å². The number of aliphatic hydroxyl groups excluding tert-OH is 3. The van der Waals surface area contributed by atoms with Crippen LogP contribution in [0.3, 0.4) is 0 Å². The molecule has 1 aliphatic rings. The van der Waals surface area contributed by atoms with Gasteiger partial charge in [-0.1, -0.05) is 6.07 Å². The summed E-state index contributed by atoms with van der Waals surface area (Å²) >= 11 is 0. The maximum Gasteiger partial charge on any atom is 0.213 e. The molecule has 2 rings (SSSR count). The standard InChI is InChI=1S/C10H13NO5/c12-5-6-9(8(13)10(14)15-6)16-7-3-1-2-4-11-7/h1-4,6,8-10,12-14H,5H2/t6-,8-,9-,10-/m1/s1. The third-order valence-electron chi connectivity index (χ3n) is 2.38. The zero-order chi connectivity index (χ0) is 11.5. The van der Waals surface area contributed by atoms with Gasteiger partial charge in [-0.25, -0.2) is 4.98 Å². The summed E-state index contributed by atoms with van der Waals surface area (Å²) in [4.78, 5) is 3.92. The van der Waals surface area contributed by atoms with Crippen molar-refractivity contribution in [2.75, 3.05) is 6.61 Å². The lowest BCUT2D eigenvalue weighted by molar-refractivity contribution is -0.132. The van der Waals surface area contributed by atoms with Crippen molar-refractivity contribution in [1.82, 2.24) is 4.98 Å². The molecule has 0 unspecified atom stereocenters. The van der Waals surface area contributed by atoms with E-state index in [9.17, 15) is 10.2 Å². The van der Waals surface area contributed by atoms with Crippen LogP contribution in [-0.2, 0) is 4.74 Å². The molecule has 0 radical (unpaired) electrons. The molecule has 88 valence electrons. The summed E-state index contributed by atoms with van der Waals surface area (Å²) in [6.45, 7) is -0.342. The Labute approximate surface area is 92.1 Å². The van der Waals surface area contributed by atoms with E-state index in [1.54, 1.807) is 24.4 Å². The van der Waals surface area contributed by atoms with Crippen LogP contribution in [0.5, 0.6) is 5.88 Å². The van der Waals surface area contributed by atoms with Crippen molar-refractivity contribution in [2.45, 2.75) is 24.6 Å². The fraction of sp³-hybridized carbons (Fsp3) is 0.500. The summed E-state index contributed by atoms with van der Waals surface area (Å²) in [6, 6.07) is 5.08. The van der Waals surface area contributed by atoms with E-state index >= 15 is 0 Å². The normalized spacial score (nSPS) is 33.9. The van der Waals surface area contributed by atoms with Crippen LogP contribution in [0.2, 0.25) is 0 Å². The smallest absolute Gasteiger partial charge is 0.213 e. The number of aromatic nitrogens is 1. The monoisotopic (exact) mass is 227 g/mol. The molecule has 0 aromatic carbocycles. The molecule has 0 amide bonds. The molecule has 0 spiro atoms. The van der Waals surface area contributed by atoms with E-state index in [-0.39, 0.29) is 6.61 Å². The fourth-order valence-electron chi connectivity index (χ4n) is 1.57. The van der Waals surface area contributed by atoms with Crippen LogP contribution in [0.1, 0.15) is 0 Å². The number of hydrogen-bond donors (Lipinski definition) is 3. The van der Waals surface area contributed by atoms with Gasteiger partial charge in [-0.3, -0.25) is 0 Å². The Bertz CT molecular complexity index is 333. The summed E-state index contributed by atoms with van der Waals surface area (Å²) in [5.41, 5.74) is 0. The highest BCUT2D eigenvalue weighted by Crippen LogP contribution is 2.23. The van der Waals surface area contributed by atoms with Gasteiger partial charge in [-0.2, -0.15) is 0 Å². The van der Waals surface area contributed by atoms with Gasteiger partial charge in [0.25, 0.3) is 0 Å². The highest BCUT2D eigenvalue weighted by molar-refractivity contribution is 5.10. The number of hydrogen-bond acceptors (Lipinski definition) is 6. The van der Waals surface area contributed by atoms with Crippen molar-refractivity contribution in [3.05, 3.63) is 24.4 Å². The minimum absolute atomic E-state index is 0.308. The summed E-state index contributed by atoms with van der Waals surface area (Å²) in [5, 5.41) is 27.8. The van der Waals surface area contributed by atoms with E-state index in [1.807, 2.05) is 0 Å². The summed E-state index contributed by atoms with van der Waals surface area (Å²) < 4.78 is 10.3. The lowest BCUT2D eigenvalue weighted by Crippen LogP contribution is -2.39. The van der Waals surface area contributed by atoms with Gasteiger partial charge in [0, 0.05) is 12.3 Å². The molecule has 16 heavy (non-hydrogen) atoms. The van der Waals surface area contributed by atoms with Crippen LogP contribution in [-0.4, -0.2) is 51.5 Å². The van der Waals surface area contributed by atoms with E-state index < -0.39 is 24.6 Å². The number of rotatable bonds is 3. The third-order valence-corrected chi connectivity index (χ3v) is 2.38. The molecule has 4 atom stereocenters. The van der Waals surface area contributed by atoms with Gasteiger partial charge in [0.05, 0.1) is 6.61 Å². The Morgan fingerprint density at radius 3 is 2.81 bits per heavy atom. The molecule has 6 heteroatoms. The summed E-state index contributed by atoms with van der Waals surface area (Å²) in [6.07, 6.45) is -2.58. The zero-order valence-electron chi connectivity index (χ0n) is 8.43. The molecular formula is C10H13NO5. The first-order valence-corrected chi connectivity index (χ1v) is 4.92. The predicted molar refractivity (Wildman–Crippen MR) is 52.6 cm³/mol. The lowest BCUT2D eigenvalue weighted by Gasteiger charge is -2.19. The van der Waals surface area contributed by atoms with Crippen LogP contribution in [0.25, 0.3) is 0 Å². The van der Waals surface area contributed by atoms with Crippen molar-refractivity contribution in [3.63, 3.8) is 0 Å². The molecule has 6 nitrogen and oxygen atoms in total. The molecule has 1 aliphatic heterocycles. The number of nitrogens with zero attached hydrogens (tertiary/aromatic N) is 1. The molecule has 0 bridgehead atoms. The molecular weight excluding hydrogens is 214 g/mol. The van der Waals surface area contributed by atoms with Crippen molar-refractivity contribution in [3.8, 4) is 5.88 Å². The quantitative estimate of drug-likeness (QED) is 0.607. The maximum atomic E-state index is 9.58. The second-order valence-corrected chi connectivity index (χ2v) is 3.49. The maximum absolute atomic E-state index is 9.58. The van der Waals surface area contributed by atoms with Crippen LogP contribution in [0.15, 0.2) is 24.4 Å². The second-order valence-electron chi connectivity index (χ2n) is 3.49. The van der Waals surface area contributed by atoms with E-state index in [2.05, 4.69) is 4.98 Å². The van der Waals surface area contributed by atoms with Gasteiger partial charge in [0.2, 0.25) is 5.88 Å². The Morgan fingerprint density at radius 1 is 1.38 bits per heavy atom. The summed E-state index contributed by atoms with van der Waals surface area (Å²) in [7, 11) is 0. The zero-order valence-corrected chi connectivity index (χ0v) is 8.43. The first-order valence-electron chi connectivity index (χ1n) is 4.92. The Kier molecular flexibility index (Phi) is 3.35. The average molecular weight is 227 g/mol. The highest BCUT2D eigenvalue weighted by atomic mass is 16.7. The second kappa shape index (κ2) is 4.75. The first-order chi connectivity index (χ1) is 7.72. The van der Waals surface area contributed by atoms with Gasteiger partial charge in [0.1, 0.15) is 12.2 Å². The molecule has 1 aromatic heterocycles. The van der Waals surface area contributed by atoms with Crippen LogP contribution in [0.4, 0.5) is 0 Å². The Morgan fingerprint density at radius 2 is 2.19 bits per heavy atom. The molecule has 1 aromatic rings. The number of ether oxygens (including phenoxy) is 2. The Hall–Kier alpha value is -1.21. The summed E-state index contributed by atoms with van der Waals surface area (Å²) in [5.74, 6) is 0.308. The van der Waals surface area contributed by atoms with Gasteiger partial charge < -0.3 is 24.8 Å². The SMILES string of the molecule is OC[C@H]1O[C@@H](O)[C@H](O)[C@@H]1Oc1ccccn1.